The van der Waals surface area contributed by atoms with E-state index in [2.05, 4.69) is 20.9 Å². The van der Waals surface area contributed by atoms with Gasteiger partial charge in [-0.25, -0.2) is 9.78 Å². The van der Waals surface area contributed by atoms with Crippen molar-refractivity contribution in [1.82, 2.24) is 4.98 Å². The van der Waals surface area contributed by atoms with Gasteiger partial charge < -0.3 is 9.84 Å². The summed E-state index contributed by atoms with van der Waals surface area (Å²) in [6, 6.07) is 12.9. The Morgan fingerprint density at radius 2 is 1.96 bits per heavy atom. The number of carboxylic acid groups (broad SMARTS) is 1. The molecule has 1 heterocycles. The highest BCUT2D eigenvalue weighted by molar-refractivity contribution is 9.10. The molecular weight excluding hydrogens is 382 g/mol. The highest BCUT2D eigenvalue weighted by atomic mass is 79.9. The van der Waals surface area contributed by atoms with Gasteiger partial charge in [-0.3, -0.25) is 0 Å². The summed E-state index contributed by atoms with van der Waals surface area (Å²) in [4.78, 5) is 15.7. The van der Waals surface area contributed by atoms with Crippen molar-refractivity contribution in [2.24, 2.45) is 0 Å². The maximum atomic E-state index is 11.1. The number of ether oxygens (including phenoxy) is 1. The van der Waals surface area contributed by atoms with Gasteiger partial charge in [0.2, 0.25) is 0 Å². The Kier molecular flexibility index (Phi) is 4.24. The number of rotatable bonds is 2. The third kappa shape index (κ3) is 3.02. The Labute approximate surface area is 145 Å². The van der Waals surface area contributed by atoms with E-state index >= 15 is 0 Å². The summed E-state index contributed by atoms with van der Waals surface area (Å²) >= 11 is 9.48. The number of hydrogen-bond donors (Lipinski definition) is 1. The summed E-state index contributed by atoms with van der Waals surface area (Å²) < 4.78 is 5.68. The number of aromatic nitrogens is 1. The molecule has 0 saturated carbocycles. The second-order valence-corrected chi connectivity index (χ2v) is 6.19. The largest absolute Gasteiger partial charge is 0.511 e. The molecule has 0 spiro atoms. The molecular formula is C17H11BrClNO3. The van der Waals surface area contributed by atoms with Crippen LogP contribution in [0.3, 0.4) is 0 Å². The molecule has 1 aromatic heterocycles. The molecule has 2 aromatic carbocycles. The van der Waals surface area contributed by atoms with Crippen LogP contribution in [0.15, 0.2) is 46.9 Å². The van der Waals surface area contributed by atoms with E-state index in [4.69, 9.17) is 21.4 Å². The lowest BCUT2D eigenvalue weighted by Gasteiger charge is -2.14. The van der Waals surface area contributed by atoms with Crippen molar-refractivity contribution in [1.29, 1.82) is 0 Å². The van der Waals surface area contributed by atoms with Gasteiger partial charge in [-0.1, -0.05) is 41.9 Å². The van der Waals surface area contributed by atoms with E-state index in [-0.39, 0.29) is 5.75 Å². The molecule has 0 saturated heterocycles. The minimum Gasteiger partial charge on any atom is -0.449 e. The zero-order chi connectivity index (χ0) is 16.6. The monoisotopic (exact) mass is 391 g/mol. The van der Waals surface area contributed by atoms with Crippen LogP contribution in [0.4, 0.5) is 4.79 Å². The molecule has 0 aliphatic rings. The third-order valence-corrected chi connectivity index (χ3v) is 4.64. The van der Waals surface area contributed by atoms with Crippen molar-refractivity contribution >= 4 is 44.6 Å². The van der Waals surface area contributed by atoms with E-state index in [1.165, 1.54) is 0 Å². The minimum atomic E-state index is -1.37. The Bertz CT molecular complexity index is 913. The van der Waals surface area contributed by atoms with Crippen LogP contribution in [-0.2, 0) is 0 Å². The van der Waals surface area contributed by atoms with E-state index in [1.54, 1.807) is 19.1 Å². The van der Waals surface area contributed by atoms with Gasteiger partial charge in [-0.15, -0.1) is 0 Å². The Morgan fingerprint density at radius 3 is 2.61 bits per heavy atom. The van der Waals surface area contributed by atoms with Gasteiger partial charge in [0.15, 0.2) is 0 Å². The first-order valence-corrected chi connectivity index (χ1v) is 7.90. The smallest absolute Gasteiger partial charge is 0.449 e. The zero-order valence-corrected chi connectivity index (χ0v) is 14.4. The summed E-state index contributed by atoms with van der Waals surface area (Å²) in [5.41, 5.74) is 2.76. The van der Waals surface area contributed by atoms with Crippen LogP contribution in [0.1, 0.15) is 5.56 Å². The fraction of sp³-hybridized carbons (Fsp3) is 0.0588. The highest BCUT2D eigenvalue weighted by Crippen LogP contribution is 2.38. The summed E-state index contributed by atoms with van der Waals surface area (Å²) in [6.45, 7) is 1.79. The highest BCUT2D eigenvalue weighted by Gasteiger charge is 2.18. The van der Waals surface area contributed by atoms with Crippen molar-refractivity contribution in [3.05, 3.63) is 57.5 Å². The van der Waals surface area contributed by atoms with Crippen molar-refractivity contribution in [3.8, 4) is 17.0 Å². The van der Waals surface area contributed by atoms with Crippen LogP contribution in [0.2, 0.25) is 5.02 Å². The van der Waals surface area contributed by atoms with Crippen LogP contribution < -0.4 is 4.74 Å². The standard InChI is InChI=1S/C17H11BrClNO3/c1-9-15(10-5-3-2-4-6-10)20-14-8-13(19)12(18)7-11(14)16(9)23-17(21)22/h2-8H,1H3,(H,21,22). The average Bonchev–Trinajstić information content (AvgIpc) is 2.52. The van der Waals surface area contributed by atoms with Gasteiger partial charge in [-0.05, 0) is 35.0 Å². The maximum Gasteiger partial charge on any atom is 0.511 e. The Hall–Kier alpha value is -2.11. The molecule has 0 radical (unpaired) electrons. The normalized spacial score (nSPS) is 10.7. The molecule has 0 atom stereocenters. The van der Waals surface area contributed by atoms with Gasteiger partial charge in [0, 0.05) is 21.0 Å². The molecule has 6 heteroatoms. The number of hydrogen-bond acceptors (Lipinski definition) is 3. The molecule has 3 aromatic rings. The van der Waals surface area contributed by atoms with E-state index in [0.29, 0.717) is 31.7 Å². The second-order valence-electron chi connectivity index (χ2n) is 4.93. The van der Waals surface area contributed by atoms with Gasteiger partial charge >= 0.3 is 6.16 Å². The first kappa shape index (κ1) is 15.8. The molecule has 3 rings (SSSR count). The fourth-order valence-electron chi connectivity index (χ4n) is 2.42. The number of benzene rings is 2. The molecule has 0 unspecified atom stereocenters. The predicted octanol–water partition coefficient (Wildman–Crippen LogP) is 5.68. The molecule has 23 heavy (non-hydrogen) atoms. The predicted molar refractivity (Wildman–Crippen MR) is 93.3 cm³/mol. The summed E-state index contributed by atoms with van der Waals surface area (Å²) in [5, 5.41) is 10.1. The minimum absolute atomic E-state index is 0.263. The quantitative estimate of drug-likeness (QED) is 0.570. The molecule has 4 nitrogen and oxygen atoms in total. The Morgan fingerprint density at radius 1 is 1.26 bits per heavy atom. The van der Waals surface area contributed by atoms with Gasteiger partial charge in [0.25, 0.3) is 0 Å². The summed E-state index contributed by atoms with van der Waals surface area (Å²) in [5.74, 6) is 0.263. The van der Waals surface area contributed by atoms with E-state index in [0.717, 1.165) is 5.56 Å². The molecule has 1 N–H and O–H groups in total. The number of pyridine rings is 1. The lowest BCUT2D eigenvalue weighted by molar-refractivity contribution is 0.144. The lowest BCUT2D eigenvalue weighted by atomic mass is 10.0. The van der Waals surface area contributed by atoms with Crippen molar-refractivity contribution in [3.63, 3.8) is 0 Å². The molecule has 0 aliphatic carbocycles. The average molecular weight is 393 g/mol. The van der Waals surface area contributed by atoms with Crippen molar-refractivity contribution in [2.45, 2.75) is 6.92 Å². The van der Waals surface area contributed by atoms with Crippen LogP contribution in [0, 0.1) is 6.92 Å². The van der Waals surface area contributed by atoms with Crippen LogP contribution in [0.5, 0.6) is 5.75 Å². The topological polar surface area (TPSA) is 59.4 Å². The van der Waals surface area contributed by atoms with E-state index in [9.17, 15) is 4.79 Å². The third-order valence-electron chi connectivity index (χ3n) is 3.45. The first-order chi connectivity index (χ1) is 11.0. The Balaban J connectivity index is 2.37. The van der Waals surface area contributed by atoms with Crippen LogP contribution >= 0.6 is 27.5 Å². The van der Waals surface area contributed by atoms with Crippen LogP contribution in [-0.4, -0.2) is 16.2 Å². The molecule has 0 amide bonds. The molecule has 0 fully saturated rings. The number of carbonyl (C=O) groups is 1. The van der Waals surface area contributed by atoms with Crippen molar-refractivity contribution < 1.29 is 14.6 Å². The number of nitrogens with zero attached hydrogens (tertiary/aromatic N) is 1. The first-order valence-electron chi connectivity index (χ1n) is 6.73. The van der Waals surface area contributed by atoms with Gasteiger partial charge in [0.1, 0.15) is 5.75 Å². The van der Waals surface area contributed by atoms with Gasteiger partial charge in [-0.2, -0.15) is 0 Å². The molecule has 0 bridgehead atoms. The maximum absolute atomic E-state index is 11.1. The van der Waals surface area contributed by atoms with Crippen molar-refractivity contribution in [2.75, 3.05) is 0 Å². The SMILES string of the molecule is Cc1c(-c2ccccc2)nc2cc(Cl)c(Br)cc2c1OC(=O)O. The van der Waals surface area contributed by atoms with E-state index in [1.807, 2.05) is 30.3 Å². The molecule has 0 aliphatic heterocycles. The molecule has 116 valence electrons. The lowest BCUT2D eigenvalue weighted by Crippen LogP contribution is -2.06. The van der Waals surface area contributed by atoms with Gasteiger partial charge in [0.05, 0.1) is 16.2 Å². The second kappa shape index (κ2) is 6.18. The number of halogens is 2. The van der Waals surface area contributed by atoms with Crippen LogP contribution in [0.25, 0.3) is 22.2 Å². The summed E-state index contributed by atoms with van der Waals surface area (Å²) in [6.07, 6.45) is -1.37. The number of fused-ring (bicyclic) bond motifs is 1. The summed E-state index contributed by atoms with van der Waals surface area (Å²) in [7, 11) is 0. The fourth-order valence-corrected chi connectivity index (χ4v) is 2.92. The van der Waals surface area contributed by atoms with E-state index < -0.39 is 6.16 Å². The zero-order valence-electron chi connectivity index (χ0n) is 12.0.